The highest BCUT2D eigenvalue weighted by atomic mass is 19.2. The highest BCUT2D eigenvalue weighted by molar-refractivity contribution is 5.95. The topological polar surface area (TPSA) is 84.7 Å². The van der Waals surface area contributed by atoms with Crippen LogP contribution in [0, 0.1) is 11.6 Å². The summed E-state index contributed by atoms with van der Waals surface area (Å²) in [5.41, 5.74) is 3.55. The molecule has 1 amide bonds. The van der Waals surface area contributed by atoms with Crippen LogP contribution in [-0.4, -0.2) is 39.9 Å². The number of aliphatic carboxylic acids is 1. The molecule has 0 bridgehead atoms. The minimum Gasteiger partial charge on any atom is -0.481 e. The molecule has 190 valence electrons. The summed E-state index contributed by atoms with van der Waals surface area (Å²) >= 11 is 0. The molecule has 1 saturated carbocycles. The van der Waals surface area contributed by atoms with Crippen molar-refractivity contribution in [2.75, 3.05) is 12.0 Å². The molecule has 2 aromatic carbocycles. The SMILES string of the molecule is COC(=O)N1c2ccc3c(nc(CC(C(=O)O)c4ccc(F)c(F)c4)n3C3CCCC3)c2CCC1C. The van der Waals surface area contributed by atoms with Crippen LogP contribution < -0.4 is 4.90 Å². The second-order valence-corrected chi connectivity index (χ2v) is 9.76. The molecule has 3 aromatic rings. The fourth-order valence-corrected chi connectivity index (χ4v) is 5.80. The van der Waals surface area contributed by atoms with Gasteiger partial charge >= 0.3 is 12.1 Å². The van der Waals surface area contributed by atoms with E-state index in [4.69, 9.17) is 9.72 Å². The van der Waals surface area contributed by atoms with Crippen LogP contribution in [0.5, 0.6) is 0 Å². The Labute approximate surface area is 207 Å². The number of aromatic nitrogens is 2. The molecule has 1 aromatic heterocycles. The number of nitrogens with zero attached hydrogens (tertiary/aromatic N) is 3. The summed E-state index contributed by atoms with van der Waals surface area (Å²) in [6.45, 7) is 1.98. The van der Waals surface area contributed by atoms with Gasteiger partial charge in [0.2, 0.25) is 0 Å². The Morgan fingerprint density at radius 1 is 1.14 bits per heavy atom. The Morgan fingerprint density at radius 2 is 1.89 bits per heavy atom. The molecule has 9 heteroatoms. The van der Waals surface area contributed by atoms with Crippen molar-refractivity contribution in [3.63, 3.8) is 0 Å². The van der Waals surface area contributed by atoms with Gasteiger partial charge in [-0.05, 0) is 62.4 Å². The molecule has 0 spiro atoms. The molecule has 1 fully saturated rings. The minimum atomic E-state index is -1.13. The molecule has 36 heavy (non-hydrogen) atoms. The Morgan fingerprint density at radius 3 is 2.56 bits per heavy atom. The third-order valence-electron chi connectivity index (χ3n) is 7.62. The summed E-state index contributed by atoms with van der Waals surface area (Å²) in [5, 5.41) is 10.0. The van der Waals surface area contributed by atoms with E-state index in [2.05, 4.69) is 4.57 Å². The van der Waals surface area contributed by atoms with Crippen molar-refractivity contribution in [3.05, 3.63) is 58.9 Å². The number of benzene rings is 2. The molecule has 1 N–H and O–H groups in total. The quantitative estimate of drug-likeness (QED) is 0.485. The lowest BCUT2D eigenvalue weighted by Crippen LogP contribution is -2.42. The predicted molar refractivity (Wildman–Crippen MR) is 130 cm³/mol. The Balaban J connectivity index is 1.64. The number of hydrogen-bond donors (Lipinski definition) is 1. The van der Waals surface area contributed by atoms with Crippen molar-refractivity contribution < 1.29 is 28.2 Å². The molecular formula is C27H29F2N3O4. The fourth-order valence-electron chi connectivity index (χ4n) is 5.80. The third-order valence-corrected chi connectivity index (χ3v) is 7.62. The lowest BCUT2D eigenvalue weighted by Gasteiger charge is -2.34. The first-order valence-electron chi connectivity index (χ1n) is 12.4. The van der Waals surface area contributed by atoms with Crippen LogP contribution in [-0.2, 0) is 22.4 Å². The summed E-state index contributed by atoms with van der Waals surface area (Å²) in [4.78, 5) is 31.4. The number of amides is 1. The number of carboxylic acid groups (broad SMARTS) is 1. The normalized spacial score (nSPS) is 18.9. The number of rotatable bonds is 5. The third kappa shape index (κ3) is 4.10. The minimum absolute atomic E-state index is 0.0245. The van der Waals surface area contributed by atoms with Crippen LogP contribution in [0.4, 0.5) is 19.3 Å². The van der Waals surface area contributed by atoms with E-state index >= 15 is 0 Å². The monoisotopic (exact) mass is 497 g/mol. The van der Waals surface area contributed by atoms with E-state index in [-0.39, 0.29) is 24.1 Å². The van der Waals surface area contributed by atoms with E-state index < -0.39 is 29.6 Å². The Bertz CT molecular complexity index is 1330. The number of fused-ring (bicyclic) bond motifs is 3. The molecule has 1 aliphatic heterocycles. The van der Waals surface area contributed by atoms with Crippen LogP contribution in [0.25, 0.3) is 11.0 Å². The Hall–Kier alpha value is -3.49. The first kappa shape index (κ1) is 24.2. The van der Waals surface area contributed by atoms with Crippen molar-refractivity contribution in [1.82, 2.24) is 9.55 Å². The maximum Gasteiger partial charge on any atom is 0.414 e. The zero-order valence-electron chi connectivity index (χ0n) is 20.3. The van der Waals surface area contributed by atoms with Crippen LogP contribution in [0.3, 0.4) is 0 Å². The molecule has 2 atom stereocenters. The van der Waals surface area contributed by atoms with Gasteiger partial charge in [-0.15, -0.1) is 0 Å². The van der Waals surface area contributed by atoms with Crippen LogP contribution in [0.2, 0.25) is 0 Å². The summed E-state index contributed by atoms with van der Waals surface area (Å²) in [7, 11) is 1.36. The van der Waals surface area contributed by atoms with Crippen LogP contribution in [0.15, 0.2) is 30.3 Å². The molecular weight excluding hydrogens is 468 g/mol. The van der Waals surface area contributed by atoms with Crippen molar-refractivity contribution in [3.8, 4) is 0 Å². The van der Waals surface area contributed by atoms with E-state index in [0.717, 1.165) is 72.9 Å². The Kier molecular flexibility index (Phi) is 6.40. The van der Waals surface area contributed by atoms with E-state index in [1.165, 1.54) is 13.2 Å². The molecule has 2 heterocycles. The van der Waals surface area contributed by atoms with E-state index in [9.17, 15) is 23.5 Å². The fraction of sp³-hybridized carbons (Fsp3) is 0.444. The number of hydrogen-bond acceptors (Lipinski definition) is 4. The van der Waals surface area contributed by atoms with Crippen LogP contribution >= 0.6 is 0 Å². The highest BCUT2D eigenvalue weighted by Crippen LogP contribution is 2.40. The first-order valence-corrected chi connectivity index (χ1v) is 12.4. The van der Waals surface area contributed by atoms with Crippen molar-refractivity contribution in [2.24, 2.45) is 0 Å². The number of ether oxygens (including phenoxy) is 1. The second kappa shape index (κ2) is 9.52. The molecule has 5 rings (SSSR count). The van der Waals surface area contributed by atoms with E-state index in [0.29, 0.717) is 5.82 Å². The van der Waals surface area contributed by atoms with Gasteiger partial charge in [-0.3, -0.25) is 9.69 Å². The predicted octanol–water partition coefficient (Wildman–Crippen LogP) is 5.75. The van der Waals surface area contributed by atoms with Gasteiger partial charge < -0.3 is 14.4 Å². The largest absolute Gasteiger partial charge is 0.481 e. The standard InChI is InChI=1S/C27H29F2N3O4/c1-15-7-9-18-22(31(15)27(35)36-2)11-12-23-25(18)30-24(32(23)17-5-3-4-6-17)14-19(26(33)34)16-8-10-20(28)21(29)13-16/h8,10-13,15,17,19H,3-7,9,14H2,1-2H3,(H,33,34). The molecule has 7 nitrogen and oxygen atoms in total. The summed E-state index contributed by atoms with van der Waals surface area (Å²) in [6.07, 6.45) is 5.17. The van der Waals surface area contributed by atoms with Gasteiger partial charge in [0.15, 0.2) is 11.6 Å². The lowest BCUT2D eigenvalue weighted by molar-refractivity contribution is -0.138. The van der Waals surface area contributed by atoms with Crippen molar-refractivity contribution >= 4 is 28.8 Å². The number of imidazole rings is 1. The van der Waals surface area contributed by atoms with Gasteiger partial charge in [-0.2, -0.15) is 0 Å². The first-order chi connectivity index (χ1) is 17.3. The number of carboxylic acids is 1. The average Bonchev–Trinajstić information content (AvgIpc) is 3.51. The smallest absolute Gasteiger partial charge is 0.414 e. The number of carbonyl (C=O) groups excluding carboxylic acids is 1. The molecule has 1 aliphatic carbocycles. The summed E-state index contributed by atoms with van der Waals surface area (Å²) < 4.78 is 34.6. The van der Waals surface area contributed by atoms with E-state index in [1.54, 1.807) is 4.90 Å². The number of aryl methyl sites for hydroxylation is 1. The summed E-state index contributed by atoms with van der Waals surface area (Å²) in [6, 6.07) is 7.26. The zero-order chi connectivity index (χ0) is 25.6. The van der Waals surface area contributed by atoms with Gasteiger partial charge in [-0.1, -0.05) is 18.9 Å². The molecule has 0 radical (unpaired) electrons. The maximum absolute atomic E-state index is 14.0. The number of anilines is 1. The number of methoxy groups -OCH3 is 1. The van der Waals surface area contributed by atoms with Gasteiger partial charge in [0, 0.05) is 24.1 Å². The van der Waals surface area contributed by atoms with Gasteiger partial charge in [0.05, 0.1) is 29.7 Å². The molecule has 0 saturated heterocycles. The average molecular weight is 498 g/mol. The van der Waals surface area contributed by atoms with Crippen molar-refractivity contribution in [1.29, 1.82) is 0 Å². The lowest BCUT2D eigenvalue weighted by atomic mass is 9.95. The molecule has 2 unspecified atom stereocenters. The number of halogens is 2. The van der Waals surface area contributed by atoms with Gasteiger partial charge in [0.25, 0.3) is 0 Å². The maximum atomic E-state index is 14.0. The van der Waals surface area contributed by atoms with E-state index in [1.807, 2.05) is 19.1 Å². The highest BCUT2D eigenvalue weighted by Gasteiger charge is 2.33. The second-order valence-electron chi connectivity index (χ2n) is 9.76. The number of carbonyl (C=O) groups is 2. The van der Waals surface area contributed by atoms with Crippen molar-refractivity contribution in [2.45, 2.75) is 69.9 Å². The summed E-state index contributed by atoms with van der Waals surface area (Å²) in [5.74, 6) is -3.70. The van der Waals surface area contributed by atoms with Crippen LogP contribution in [0.1, 0.15) is 67.9 Å². The molecule has 2 aliphatic rings. The van der Waals surface area contributed by atoms with Gasteiger partial charge in [-0.25, -0.2) is 18.6 Å². The zero-order valence-corrected chi connectivity index (χ0v) is 20.3. The van der Waals surface area contributed by atoms with Gasteiger partial charge in [0.1, 0.15) is 5.82 Å².